The molecule has 0 aliphatic rings. The first kappa shape index (κ1) is 17.8. The summed E-state index contributed by atoms with van der Waals surface area (Å²) in [6.07, 6.45) is 0.851. The van der Waals surface area contributed by atoms with Gasteiger partial charge in [0.25, 0.3) is 0 Å². The average Bonchev–Trinajstić information content (AvgIpc) is 2.58. The molecule has 0 heterocycles. The highest BCUT2D eigenvalue weighted by atomic mass is 19.2. The van der Waals surface area contributed by atoms with Gasteiger partial charge in [-0.25, -0.2) is 13.2 Å². The van der Waals surface area contributed by atoms with Crippen molar-refractivity contribution in [3.63, 3.8) is 0 Å². The highest BCUT2D eigenvalue weighted by Gasteiger charge is 2.07. The molecular weight excluding hydrogens is 315 g/mol. The molecule has 2 N–H and O–H groups in total. The van der Waals surface area contributed by atoms with Crippen LogP contribution in [0.1, 0.15) is 11.1 Å². The van der Waals surface area contributed by atoms with E-state index in [-0.39, 0.29) is 5.82 Å². The van der Waals surface area contributed by atoms with Crippen molar-refractivity contribution in [3.8, 4) is 0 Å². The Bertz CT molecular complexity index is 702. The van der Waals surface area contributed by atoms with Gasteiger partial charge in [0.2, 0.25) is 0 Å². The van der Waals surface area contributed by atoms with E-state index in [1.165, 1.54) is 12.1 Å². The summed E-state index contributed by atoms with van der Waals surface area (Å²) < 4.78 is 40.2. The Kier molecular flexibility index (Phi) is 6.66. The highest BCUT2D eigenvalue weighted by molar-refractivity contribution is 5.79. The van der Waals surface area contributed by atoms with Crippen LogP contribution in [-0.2, 0) is 12.8 Å². The molecule has 0 bridgehead atoms. The van der Waals surface area contributed by atoms with E-state index < -0.39 is 11.6 Å². The largest absolute Gasteiger partial charge is 0.356 e. The Balaban J connectivity index is 1.77. The molecule has 0 saturated carbocycles. The van der Waals surface area contributed by atoms with Gasteiger partial charge in [0.1, 0.15) is 5.82 Å². The van der Waals surface area contributed by atoms with Gasteiger partial charge in [-0.05, 0) is 36.1 Å². The van der Waals surface area contributed by atoms with Crippen LogP contribution in [-0.4, -0.2) is 26.1 Å². The van der Waals surface area contributed by atoms with Gasteiger partial charge in [-0.15, -0.1) is 0 Å². The molecule has 0 unspecified atom stereocenters. The third-order valence-corrected chi connectivity index (χ3v) is 3.59. The standard InChI is InChI=1S/C18H20F3N3/c1-22-18(23-11-9-13-5-2-3-7-15(13)19)24-12-10-14-6-4-8-16(20)17(14)21/h2-8H,9-12H2,1H3,(H2,22,23,24). The second-order valence-corrected chi connectivity index (χ2v) is 5.23. The predicted octanol–water partition coefficient (Wildman–Crippen LogP) is 3.05. The third kappa shape index (κ3) is 5.01. The second-order valence-electron chi connectivity index (χ2n) is 5.23. The third-order valence-electron chi connectivity index (χ3n) is 3.59. The Morgan fingerprint density at radius 1 is 0.833 bits per heavy atom. The van der Waals surface area contributed by atoms with Gasteiger partial charge >= 0.3 is 0 Å². The predicted molar refractivity (Wildman–Crippen MR) is 89.5 cm³/mol. The molecule has 3 nitrogen and oxygen atoms in total. The number of benzene rings is 2. The summed E-state index contributed by atoms with van der Waals surface area (Å²) >= 11 is 0. The number of aliphatic imine (C=N–C) groups is 1. The van der Waals surface area contributed by atoms with Crippen molar-refractivity contribution < 1.29 is 13.2 Å². The van der Waals surface area contributed by atoms with Gasteiger partial charge in [0.05, 0.1) is 0 Å². The van der Waals surface area contributed by atoms with Gasteiger partial charge in [-0.3, -0.25) is 4.99 Å². The zero-order valence-electron chi connectivity index (χ0n) is 13.5. The van der Waals surface area contributed by atoms with E-state index in [9.17, 15) is 13.2 Å². The molecule has 6 heteroatoms. The Hall–Kier alpha value is -2.50. The van der Waals surface area contributed by atoms with Crippen molar-refractivity contribution in [2.75, 3.05) is 20.1 Å². The number of hydrogen-bond acceptors (Lipinski definition) is 1. The van der Waals surface area contributed by atoms with Gasteiger partial charge in [-0.1, -0.05) is 30.3 Å². The molecule has 0 radical (unpaired) electrons. The lowest BCUT2D eigenvalue weighted by molar-refractivity contribution is 0.498. The van der Waals surface area contributed by atoms with Gasteiger partial charge in [0.15, 0.2) is 17.6 Å². The van der Waals surface area contributed by atoms with Crippen molar-refractivity contribution in [1.29, 1.82) is 0 Å². The molecule has 2 aromatic rings. The Labute approximate surface area is 139 Å². The summed E-state index contributed by atoms with van der Waals surface area (Å²) in [5.41, 5.74) is 0.937. The van der Waals surface area contributed by atoms with Crippen molar-refractivity contribution >= 4 is 5.96 Å². The number of halogens is 3. The van der Waals surface area contributed by atoms with Crippen LogP contribution >= 0.6 is 0 Å². The van der Waals surface area contributed by atoms with E-state index in [0.29, 0.717) is 43.0 Å². The molecule has 0 atom stereocenters. The van der Waals surface area contributed by atoms with Crippen LogP contribution in [0.2, 0.25) is 0 Å². The Morgan fingerprint density at radius 3 is 2.08 bits per heavy atom. The minimum atomic E-state index is -0.847. The topological polar surface area (TPSA) is 36.4 Å². The first-order valence-corrected chi connectivity index (χ1v) is 7.72. The molecule has 0 aliphatic heterocycles. The van der Waals surface area contributed by atoms with Crippen LogP contribution in [0.5, 0.6) is 0 Å². The van der Waals surface area contributed by atoms with Crippen LogP contribution in [0.25, 0.3) is 0 Å². The first-order chi connectivity index (χ1) is 11.6. The molecule has 24 heavy (non-hydrogen) atoms. The SMILES string of the molecule is CN=C(NCCc1ccccc1F)NCCc1cccc(F)c1F. The zero-order chi connectivity index (χ0) is 17.4. The fourth-order valence-electron chi connectivity index (χ4n) is 2.29. The molecular formula is C18H20F3N3. The number of hydrogen-bond donors (Lipinski definition) is 2. The maximum atomic E-state index is 13.6. The zero-order valence-corrected chi connectivity index (χ0v) is 13.5. The Morgan fingerprint density at radius 2 is 1.42 bits per heavy atom. The maximum absolute atomic E-state index is 13.6. The van der Waals surface area contributed by atoms with Crippen LogP contribution in [0.3, 0.4) is 0 Å². The highest BCUT2D eigenvalue weighted by Crippen LogP contribution is 2.11. The number of guanidine groups is 1. The van der Waals surface area contributed by atoms with Crippen molar-refractivity contribution in [3.05, 3.63) is 71.0 Å². The van der Waals surface area contributed by atoms with E-state index in [0.717, 1.165) is 6.07 Å². The second kappa shape index (κ2) is 8.96. The van der Waals surface area contributed by atoms with Crippen molar-refractivity contribution in [2.24, 2.45) is 4.99 Å². The van der Waals surface area contributed by atoms with Crippen LogP contribution in [0, 0.1) is 17.5 Å². The molecule has 0 fully saturated rings. The molecule has 0 aliphatic carbocycles. The average molecular weight is 335 g/mol. The van der Waals surface area contributed by atoms with Crippen molar-refractivity contribution in [1.82, 2.24) is 10.6 Å². The molecule has 0 spiro atoms. The lowest BCUT2D eigenvalue weighted by Gasteiger charge is -2.12. The summed E-state index contributed by atoms with van der Waals surface area (Å²) in [5.74, 6) is -1.37. The molecule has 2 aromatic carbocycles. The van der Waals surface area contributed by atoms with Gasteiger partial charge < -0.3 is 10.6 Å². The van der Waals surface area contributed by atoms with Gasteiger partial charge in [0, 0.05) is 20.1 Å². The first-order valence-electron chi connectivity index (χ1n) is 7.72. The van der Waals surface area contributed by atoms with Crippen LogP contribution in [0.4, 0.5) is 13.2 Å². The molecule has 2 rings (SSSR count). The van der Waals surface area contributed by atoms with Gasteiger partial charge in [-0.2, -0.15) is 0 Å². The maximum Gasteiger partial charge on any atom is 0.190 e. The lowest BCUT2D eigenvalue weighted by Crippen LogP contribution is -2.39. The van der Waals surface area contributed by atoms with Crippen molar-refractivity contribution in [2.45, 2.75) is 12.8 Å². The fourth-order valence-corrected chi connectivity index (χ4v) is 2.29. The summed E-state index contributed by atoms with van der Waals surface area (Å²) in [4.78, 5) is 4.05. The minimum absolute atomic E-state index is 0.233. The number of nitrogens with one attached hydrogen (secondary N) is 2. The van der Waals surface area contributed by atoms with E-state index in [1.807, 2.05) is 0 Å². The van der Waals surface area contributed by atoms with E-state index in [2.05, 4.69) is 15.6 Å². The molecule has 0 aromatic heterocycles. The molecule has 0 saturated heterocycles. The molecule has 128 valence electrons. The normalized spacial score (nSPS) is 11.4. The summed E-state index contributed by atoms with van der Waals surface area (Å²) in [7, 11) is 1.61. The van der Waals surface area contributed by atoms with E-state index >= 15 is 0 Å². The number of nitrogens with zero attached hydrogens (tertiary/aromatic N) is 1. The van der Waals surface area contributed by atoms with E-state index in [4.69, 9.17) is 0 Å². The van der Waals surface area contributed by atoms with Crippen LogP contribution < -0.4 is 10.6 Å². The smallest absolute Gasteiger partial charge is 0.190 e. The summed E-state index contributed by atoms with van der Waals surface area (Å²) in [5, 5.41) is 6.08. The summed E-state index contributed by atoms with van der Waals surface area (Å²) in [6.45, 7) is 0.911. The molecule has 0 amide bonds. The fraction of sp³-hybridized carbons (Fsp3) is 0.278. The van der Waals surface area contributed by atoms with E-state index in [1.54, 1.807) is 31.3 Å². The summed E-state index contributed by atoms with van der Waals surface area (Å²) in [6, 6.07) is 10.7. The monoisotopic (exact) mass is 335 g/mol. The number of rotatable bonds is 6. The minimum Gasteiger partial charge on any atom is -0.356 e. The van der Waals surface area contributed by atoms with Crippen LogP contribution in [0.15, 0.2) is 47.5 Å². The lowest BCUT2D eigenvalue weighted by atomic mass is 10.1. The quantitative estimate of drug-likeness (QED) is 0.629.